The van der Waals surface area contributed by atoms with Gasteiger partial charge in [0, 0.05) is 18.8 Å². The molecule has 0 radical (unpaired) electrons. The summed E-state index contributed by atoms with van der Waals surface area (Å²) in [5.41, 5.74) is 0.261. The first-order valence-corrected chi connectivity index (χ1v) is 5.78. The van der Waals surface area contributed by atoms with E-state index in [1.54, 1.807) is 0 Å². The van der Waals surface area contributed by atoms with Gasteiger partial charge in [-0.3, -0.25) is 0 Å². The summed E-state index contributed by atoms with van der Waals surface area (Å²) < 4.78 is 31.9. The second-order valence-electron chi connectivity index (χ2n) is 3.95. The van der Waals surface area contributed by atoms with Crippen LogP contribution in [-0.2, 0) is 4.74 Å². The highest BCUT2D eigenvalue weighted by Gasteiger charge is 2.17. The van der Waals surface area contributed by atoms with E-state index in [2.05, 4.69) is 0 Å². The van der Waals surface area contributed by atoms with Gasteiger partial charge in [0.15, 0.2) is 11.6 Å². The molecule has 0 aliphatic heterocycles. The first-order chi connectivity index (χ1) is 8.07. The van der Waals surface area contributed by atoms with Crippen LogP contribution < -0.4 is 0 Å². The molecule has 0 saturated heterocycles. The van der Waals surface area contributed by atoms with Crippen molar-refractivity contribution in [2.75, 3.05) is 13.2 Å². The SMILES string of the molecule is CCOCCCC(O)c1ccc(C)c(F)c1F. The highest BCUT2D eigenvalue weighted by Crippen LogP contribution is 2.24. The Morgan fingerprint density at radius 3 is 2.65 bits per heavy atom. The molecule has 1 unspecified atom stereocenters. The molecular weight excluding hydrogens is 226 g/mol. The van der Waals surface area contributed by atoms with Crippen LogP contribution in [0.4, 0.5) is 8.78 Å². The van der Waals surface area contributed by atoms with Gasteiger partial charge in [0.1, 0.15) is 0 Å². The second-order valence-corrected chi connectivity index (χ2v) is 3.95. The molecule has 0 fully saturated rings. The summed E-state index contributed by atoms with van der Waals surface area (Å²) in [5.74, 6) is -1.83. The van der Waals surface area contributed by atoms with E-state index in [1.807, 2.05) is 6.92 Å². The fraction of sp³-hybridized carbons (Fsp3) is 0.538. The zero-order chi connectivity index (χ0) is 12.8. The lowest BCUT2D eigenvalue weighted by molar-refractivity contribution is 0.112. The van der Waals surface area contributed by atoms with E-state index < -0.39 is 17.7 Å². The minimum absolute atomic E-state index is 0.0181. The predicted molar refractivity (Wildman–Crippen MR) is 61.8 cm³/mol. The Morgan fingerprint density at radius 2 is 2.00 bits per heavy atom. The lowest BCUT2D eigenvalue weighted by Gasteiger charge is -2.13. The Kier molecular flexibility index (Phi) is 5.51. The zero-order valence-corrected chi connectivity index (χ0v) is 10.2. The first-order valence-electron chi connectivity index (χ1n) is 5.78. The molecule has 0 aliphatic rings. The monoisotopic (exact) mass is 244 g/mol. The third-order valence-corrected chi connectivity index (χ3v) is 2.63. The molecule has 0 amide bonds. The summed E-state index contributed by atoms with van der Waals surface area (Å²) in [6.07, 6.45) is -0.00541. The summed E-state index contributed by atoms with van der Waals surface area (Å²) >= 11 is 0. The molecule has 0 saturated carbocycles. The lowest BCUT2D eigenvalue weighted by Crippen LogP contribution is -2.05. The van der Waals surface area contributed by atoms with Crippen LogP contribution in [0.15, 0.2) is 12.1 Å². The quantitative estimate of drug-likeness (QED) is 0.779. The number of hydrogen-bond donors (Lipinski definition) is 1. The van der Waals surface area contributed by atoms with E-state index in [9.17, 15) is 13.9 Å². The fourth-order valence-electron chi connectivity index (χ4n) is 1.60. The molecule has 1 aromatic rings. The minimum Gasteiger partial charge on any atom is -0.388 e. The molecule has 17 heavy (non-hydrogen) atoms. The molecule has 1 atom stereocenters. The molecule has 0 aliphatic carbocycles. The highest BCUT2D eigenvalue weighted by atomic mass is 19.2. The number of benzene rings is 1. The molecule has 96 valence electrons. The summed E-state index contributed by atoms with van der Waals surface area (Å²) in [7, 11) is 0. The van der Waals surface area contributed by atoms with Crippen molar-refractivity contribution in [2.45, 2.75) is 32.8 Å². The molecular formula is C13H18F2O2. The molecule has 0 aromatic heterocycles. The molecule has 0 heterocycles. The van der Waals surface area contributed by atoms with Crippen LogP contribution in [-0.4, -0.2) is 18.3 Å². The number of ether oxygens (including phenoxy) is 1. The van der Waals surface area contributed by atoms with Crippen molar-refractivity contribution in [1.29, 1.82) is 0 Å². The van der Waals surface area contributed by atoms with Gasteiger partial charge in [-0.2, -0.15) is 0 Å². The highest BCUT2D eigenvalue weighted by molar-refractivity contribution is 5.26. The van der Waals surface area contributed by atoms with Crippen LogP contribution in [0.2, 0.25) is 0 Å². The van der Waals surface area contributed by atoms with E-state index in [0.717, 1.165) is 0 Å². The van der Waals surface area contributed by atoms with E-state index in [1.165, 1.54) is 19.1 Å². The molecule has 0 spiro atoms. The summed E-state index contributed by atoms with van der Waals surface area (Å²) in [4.78, 5) is 0. The molecule has 4 heteroatoms. The van der Waals surface area contributed by atoms with Gasteiger partial charge >= 0.3 is 0 Å². The van der Waals surface area contributed by atoms with Gasteiger partial charge in [0.05, 0.1) is 6.10 Å². The lowest BCUT2D eigenvalue weighted by atomic mass is 10.0. The van der Waals surface area contributed by atoms with Gasteiger partial charge in [-0.25, -0.2) is 8.78 Å². The van der Waals surface area contributed by atoms with E-state index in [4.69, 9.17) is 4.74 Å². The van der Waals surface area contributed by atoms with Crippen molar-refractivity contribution < 1.29 is 18.6 Å². The maximum absolute atomic E-state index is 13.5. The van der Waals surface area contributed by atoms with Gasteiger partial charge in [0.25, 0.3) is 0 Å². The van der Waals surface area contributed by atoms with Crippen molar-refractivity contribution in [2.24, 2.45) is 0 Å². The summed E-state index contributed by atoms with van der Waals surface area (Å²) in [5, 5.41) is 9.75. The Bertz CT molecular complexity index is 367. The van der Waals surface area contributed by atoms with E-state index >= 15 is 0 Å². The zero-order valence-electron chi connectivity index (χ0n) is 10.2. The van der Waals surface area contributed by atoms with Crippen LogP contribution in [0.25, 0.3) is 0 Å². The topological polar surface area (TPSA) is 29.5 Å². The number of rotatable bonds is 6. The van der Waals surface area contributed by atoms with Gasteiger partial charge in [0.2, 0.25) is 0 Å². The van der Waals surface area contributed by atoms with Gasteiger partial charge in [-0.05, 0) is 32.3 Å². The molecule has 1 aromatic carbocycles. The van der Waals surface area contributed by atoms with Crippen LogP contribution in [0.5, 0.6) is 0 Å². The van der Waals surface area contributed by atoms with E-state index in [-0.39, 0.29) is 11.1 Å². The average Bonchev–Trinajstić information content (AvgIpc) is 2.31. The number of hydrogen-bond acceptors (Lipinski definition) is 2. The number of aryl methyl sites for hydroxylation is 1. The summed E-state index contributed by atoms with van der Waals surface area (Å²) in [6.45, 7) is 4.50. The van der Waals surface area contributed by atoms with Crippen LogP contribution >= 0.6 is 0 Å². The van der Waals surface area contributed by atoms with Crippen LogP contribution in [0.1, 0.15) is 37.0 Å². The van der Waals surface area contributed by atoms with Crippen molar-refractivity contribution in [1.82, 2.24) is 0 Å². The Labute approximate surface area is 100 Å². The number of aliphatic hydroxyl groups excluding tert-OH is 1. The molecule has 0 bridgehead atoms. The van der Waals surface area contributed by atoms with Crippen molar-refractivity contribution in [3.8, 4) is 0 Å². The van der Waals surface area contributed by atoms with Crippen molar-refractivity contribution in [3.63, 3.8) is 0 Å². The largest absolute Gasteiger partial charge is 0.388 e. The Morgan fingerprint density at radius 1 is 1.29 bits per heavy atom. The predicted octanol–water partition coefficient (Wildman–Crippen LogP) is 3.12. The fourth-order valence-corrected chi connectivity index (χ4v) is 1.60. The maximum atomic E-state index is 13.5. The van der Waals surface area contributed by atoms with Gasteiger partial charge in [-0.1, -0.05) is 12.1 Å². The normalized spacial score (nSPS) is 12.8. The summed E-state index contributed by atoms with van der Waals surface area (Å²) in [6, 6.07) is 2.90. The van der Waals surface area contributed by atoms with Crippen molar-refractivity contribution in [3.05, 3.63) is 34.9 Å². The van der Waals surface area contributed by atoms with Crippen molar-refractivity contribution >= 4 is 0 Å². The third kappa shape index (κ3) is 3.75. The molecule has 2 nitrogen and oxygen atoms in total. The van der Waals surface area contributed by atoms with E-state index in [0.29, 0.717) is 26.1 Å². The number of aliphatic hydroxyl groups is 1. The van der Waals surface area contributed by atoms with Crippen LogP contribution in [0, 0.1) is 18.6 Å². The average molecular weight is 244 g/mol. The molecule has 1 N–H and O–H groups in total. The first kappa shape index (κ1) is 14.1. The van der Waals surface area contributed by atoms with Crippen LogP contribution in [0.3, 0.4) is 0 Å². The maximum Gasteiger partial charge on any atom is 0.164 e. The van der Waals surface area contributed by atoms with Gasteiger partial charge < -0.3 is 9.84 Å². The smallest absolute Gasteiger partial charge is 0.164 e. The van der Waals surface area contributed by atoms with Gasteiger partial charge in [-0.15, -0.1) is 0 Å². The second kappa shape index (κ2) is 6.67. The standard InChI is InChI=1S/C13H18F2O2/c1-3-17-8-4-5-11(16)10-7-6-9(2)12(14)13(10)15/h6-7,11,16H,3-5,8H2,1-2H3. The Balaban J connectivity index is 2.63. The molecule has 1 rings (SSSR count). The minimum atomic E-state index is -0.981. The third-order valence-electron chi connectivity index (χ3n) is 2.63. The Hall–Kier alpha value is -1.00. The number of halogens is 2.